The second-order valence-corrected chi connectivity index (χ2v) is 12.6. The van der Waals surface area contributed by atoms with Crippen LogP contribution in [0.25, 0.3) is 0 Å². The molecule has 6 heteroatoms. The fourth-order valence-electron chi connectivity index (χ4n) is 8.22. The van der Waals surface area contributed by atoms with Crippen LogP contribution >= 0.6 is 0 Å². The number of esters is 2. The Hall–Kier alpha value is -5.36. The summed E-state index contributed by atoms with van der Waals surface area (Å²) in [5.74, 6) is -0.961. The highest BCUT2D eigenvalue weighted by Crippen LogP contribution is 2.69. The molecule has 4 aromatic carbocycles. The highest BCUT2D eigenvalue weighted by Gasteiger charge is 2.71. The number of benzene rings is 4. The van der Waals surface area contributed by atoms with Crippen molar-refractivity contribution in [2.24, 2.45) is 11.8 Å². The maximum Gasteiger partial charge on any atom is 0.310 e. The minimum Gasteiger partial charge on any atom is -0.466 e. The van der Waals surface area contributed by atoms with Gasteiger partial charge in [0.25, 0.3) is 0 Å². The Morgan fingerprint density at radius 1 is 0.542 bits per heavy atom. The lowest BCUT2D eigenvalue weighted by Gasteiger charge is -2.21. The first-order valence-electron chi connectivity index (χ1n) is 16.5. The first-order valence-corrected chi connectivity index (χ1v) is 16.5. The van der Waals surface area contributed by atoms with Gasteiger partial charge < -0.3 is 9.47 Å². The highest BCUT2D eigenvalue weighted by molar-refractivity contribution is 6.09. The monoisotopic (exact) mass is 636 g/mol. The molecule has 6 atom stereocenters. The third-order valence-corrected chi connectivity index (χ3v) is 10.2. The smallest absolute Gasteiger partial charge is 0.310 e. The fraction of sp³-hybridized carbons (Fsp3) is 0.238. The zero-order chi connectivity index (χ0) is 33.5. The second-order valence-electron chi connectivity index (χ2n) is 12.6. The van der Waals surface area contributed by atoms with E-state index in [-0.39, 0.29) is 47.2 Å². The predicted octanol–water partition coefficient (Wildman–Crippen LogP) is 7.31. The van der Waals surface area contributed by atoms with Crippen molar-refractivity contribution in [3.8, 4) is 0 Å². The van der Waals surface area contributed by atoms with Gasteiger partial charge in [-0.05, 0) is 48.3 Å². The molecule has 0 N–H and O–H groups in total. The van der Waals surface area contributed by atoms with Gasteiger partial charge in [-0.2, -0.15) is 0 Å². The van der Waals surface area contributed by atoms with Gasteiger partial charge in [0.2, 0.25) is 0 Å². The van der Waals surface area contributed by atoms with Gasteiger partial charge in [-0.1, -0.05) is 121 Å². The van der Waals surface area contributed by atoms with Crippen LogP contribution in [0.4, 0.5) is 0 Å². The molecular weight excluding hydrogens is 600 g/mol. The second kappa shape index (κ2) is 12.3. The Kier molecular flexibility index (Phi) is 8.04. The Morgan fingerprint density at radius 2 is 0.896 bits per heavy atom. The molecule has 4 aliphatic carbocycles. The van der Waals surface area contributed by atoms with Crippen LogP contribution in [0.1, 0.15) is 68.7 Å². The highest BCUT2D eigenvalue weighted by atomic mass is 16.5. The fourth-order valence-corrected chi connectivity index (χ4v) is 8.22. The summed E-state index contributed by atoms with van der Waals surface area (Å²) >= 11 is 0. The topological polar surface area (TPSA) is 86.7 Å². The van der Waals surface area contributed by atoms with Crippen molar-refractivity contribution in [2.45, 2.75) is 36.5 Å². The molecule has 2 fully saturated rings. The summed E-state index contributed by atoms with van der Waals surface area (Å²) in [4.78, 5) is 49.7. The molecule has 0 unspecified atom stereocenters. The van der Waals surface area contributed by atoms with Crippen molar-refractivity contribution in [1.82, 2.24) is 0 Å². The molecule has 240 valence electrons. The summed E-state index contributed by atoms with van der Waals surface area (Å²) in [6, 6.07) is 35.2. The van der Waals surface area contributed by atoms with Crippen LogP contribution in [0.2, 0.25) is 0 Å². The van der Waals surface area contributed by atoms with Crippen molar-refractivity contribution in [2.75, 3.05) is 13.2 Å². The van der Waals surface area contributed by atoms with Crippen LogP contribution in [0.15, 0.2) is 133 Å². The summed E-state index contributed by atoms with van der Waals surface area (Å²) in [7, 11) is 0. The van der Waals surface area contributed by atoms with Crippen LogP contribution in [0, 0.1) is 11.8 Å². The number of fused-ring (bicyclic) bond motifs is 4. The van der Waals surface area contributed by atoms with E-state index in [1.807, 2.05) is 135 Å². The lowest BCUT2D eigenvalue weighted by molar-refractivity contribution is -0.146. The van der Waals surface area contributed by atoms with E-state index in [1.54, 1.807) is 12.2 Å². The molecule has 0 heterocycles. The van der Waals surface area contributed by atoms with Crippen LogP contribution in [-0.2, 0) is 29.9 Å². The van der Waals surface area contributed by atoms with E-state index < -0.39 is 10.8 Å². The lowest BCUT2D eigenvalue weighted by atomic mass is 9.81. The zero-order valence-electron chi connectivity index (χ0n) is 26.9. The third kappa shape index (κ3) is 4.86. The maximum absolute atomic E-state index is 12.6. The molecule has 48 heavy (non-hydrogen) atoms. The summed E-state index contributed by atoms with van der Waals surface area (Å²) in [5.41, 5.74) is 4.50. The molecule has 0 aliphatic heterocycles. The average molecular weight is 637 g/mol. The number of carbonyl (C=O) groups excluding carboxylic acids is 4. The van der Waals surface area contributed by atoms with Gasteiger partial charge >= 0.3 is 11.9 Å². The first kappa shape index (κ1) is 31.3. The van der Waals surface area contributed by atoms with E-state index >= 15 is 0 Å². The van der Waals surface area contributed by atoms with Gasteiger partial charge in [0.05, 0.1) is 25.0 Å². The Bertz CT molecular complexity index is 1820. The Morgan fingerprint density at radius 3 is 1.27 bits per heavy atom. The van der Waals surface area contributed by atoms with Gasteiger partial charge in [-0.25, -0.2) is 0 Å². The third-order valence-electron chi connectivity index (χ3n) is 10.2. The number of hydrogen-bond acceptors (Lipinski definition) is 6. The average Bonchev–Trinajstić information content (AvgIpc) is 4.01. The molecule has 0 radical (unpaired) electrons. The van der Waals surface area contributed by atoms with E-state index in [9.17, 15) is 19.2 Å². The lowest BCUT2D eigenvalue weighted by Crippen LogP contribution is -2.21. The van der Waals surface area contributed by atoms with E-state index in [1.165, 1.54) is 0 Å². The number of hydrogen-bond donors (Lipinski definition) is 0. The minimum absolute atomic E-state index is 0.00227. The molecule has 0 saturated heterocycles. The number of ketones is 2. The minimum atomic E-state index is -0.474. The normalized spacial score (nSPS) is 27.0. The van der Waals surface area contributed by atoms with Crippen LogP contribution in [0.3, 0.4) is 0 Å². The van der Waals surface area contributed by atoms with Crippen molar-refractivity contribution in [1.29, 1.82) is 0 Å². The number of allylic oxidation sites excluding steroid dienone is 4. The standard InChI is InChI=1S/2C21H18O3/c2*1-2-24-20(23)19-18(14-8-4-3-5-9-14)21(19)13-12-17(22)15-10-6-7-11-16(15)21/h2*3-13,18-19H,2H2,1H3/t2*18-,19+,21+/m10/s1. The van der Waals surface area contributed by atoms with Gasteiger partial charge in [0.15, 0.2) is 11.6 Å². The number of carbonyl (C=O) groups is 4. The van der Waals surface area contributed by atoms with Crippen molar-refractivity contribution < 1.29 is 28.7 Å². The zero-order valence-corrected chi connectivity index (χ0v) is 26.9. The molecule has 0 amide bonds. The molecular formula is C42H36O6. The van der Waals surface area contributed by atoms with E-state index in [2.05, 4.69) is 0 Å². The quantitative estimate of drug-likeness (QED) is 0.206. The van der Waals surface area contributed by atoms with Crippen molar-refractivity contribution in [3.05, 3.63) is 167 Å². The van der Waals surface area contributed by atoms with Gasteiger partial charge in [-0.15, -0.1) is 0 Å². The van der Waals surface area contributed by atoms with Gasteiger partial charge in [0, 0.05) is 33.8 Å². The van der Waals surface area contributed by atoms with Gasteiger partial charge in [-0.3, -0.25) is 19.2 Å². The summed E-state index contributed by atoms with van der Waals surface area (Å²) < 4.78 is 10.7. The Labute approximate surface area is 280 Å². The molecule has 0 bridgehead atoms. The number of rotatable bonds is 6. The molecule has 0 aromatic heterocycles. The maximum atomic E-state index is 12.6. The molecule has 6 nitrogen and oxygen atoms in total. The largest absolute Gasteiger partial charge is 0.466 e. The van der Waals surface area contributed by atoms with Crippen molar-refractivity contribution >= 4 is 23.5 Å². The van der Waals surface area contributed by atoms with Crippen LogP contribution < -0.4 is 0 Å². The molecule has 4 aromatic rings. The van der Waals surface area contributed by atoms with Crippen LogP contribution in [-0.4, -0.2) is 36.7 Å². The van der Waals surface area contributed by atoms with E-state index in [4.69, 9.17) is 9.47 Å². The summed E-state index contributed by atoms with van der Waals surface area (Å²) in [6.45, 7) is 4.35. The number of ether oxygens (including phenoxy) is 2. The summed E-state index contributed by atoms with van der Waals surface area (Å²) in [6.07, 6.45) is 7.04. The van der Waals surface area contributed by atoms with E-state index in [0.29, 0.717) is 24.3 Å². The molecule has 2 spiro atoms. The Balaban J connectivity index is 0.000000152. The SMILES string of the molecule is CCOC(=O)[C@@H]1[C@@H](c2ccccc2)[C@@]12C=CC(=O)c1ccccc12.CCOC(=O)[C@H]1[C@H](c2ccccc2)[C@]12C=CC(=O)c1ccccc12. The van der Waals surface area contributed by atoms with Crippen LogP contribution in [0.5, 0.6) is 0 Å². The van der Waals surface area contributed by atoms with Gasteiger partial charge in [0.1, 0.15) is 0 Å². The first-order chi connectivity index (χ1) is 23.4. The van der Waals surface area contributed by atoms with Crippen molar-refractivity contribution in [3.63, 3.8) is 0 Å². The summed E-state index contributed by atoms with van der Waals surface area (Å²) in [5, 5.41) is 0. The molecule has 8 rings (SSSR count). The molecule has 4 aliphatic rings. The predicted molar refractivity (Wildman–Crippen MR) is 182 cm³/mol. The van der Waals surface area contributed by atoms with E-state index in [0.717, 1.165) is 22.3 Å². The molecule has 2 saturated carbocycles.